The van der Waals surface area contributed by atoms with Gasteiger partial charge in [0.2, 0.25) is 0 Å². The lowest BCUT2D eigenvalue weighted by Crippen LogP contribution is -2.37. The van der Waals surface area contributed by atoms with Crippen molar-refractivity contribution in [1.82, 2.24) is 9.80 Å². The van der Waals surface area contributed by atoms with Crippen molar-refractivity contribution in [2.24, 2.45) is 0 Å². The molecular weight excluding hydrogens is 439 g/mol. The number of imide groups is 1. The van der Waals surface area contributed by atoms with E-state index in [4.69, 9.17) is 9.47 Å². The van der Waals surface area contributed by atoms with E-state index < -0.39 is 5.91 Å². The highest BCUT2D eigenvalue weighted by atomic mass is 19.1. The van der Waals surface area contributed by atoms with Crippen molar-refractivity contribution in [2.45, 2.75) is 44.4 Å². The molecule has 0 aromatic heterocycles. The molecule has 3 amide bonds. The van der Waals surface area contributed by atoms with Crippen LogP contribution in [-0.4, -0.2) is 66.0 Å². The molecule has 34 heavy (non-hydrogen) atoms. The molecule has 2 unspecified atom stereocenters. The summed E-state index contributed by atoms with van der Waals surface area (Å²) < 4.78 is 25.1. The smallest absolute Gasteiger partial charge is 0.261 e. The molecular formula is C26H27FN2O5. The number of amides is 3. The Hall–Kier alpha value is -3.10. The van der Waals surface area contributed by atoms with Gasteiger partial charge in [0.05, 0.1) is 29.9 Å². The summed E-state index contributed by atoms with van der Waals surface area (Å²) in [6.45, 7) is 2.09. The summed E-state index contributed by atoms with van der Waals surface area (Å²) in [6.07, 6.45) is 3.28. The Morgan fingerprint density at radius 3 is 2.41 bits per heavy atom. The summed E-state index contributed by atoms with van der Waals surface area (Å²) in [7, 11) is 0. The fourth-order valence-electron chi connectivity index (χ4n) is 4.87. The molecule has 0 saturated carbocycles. The summed E-state index contributed by atoms with van der Waals surface area (Å²) in [4.78, 5) is 42.2. The predicted octanol–water partition coefficient (Wildman–Crippen LogP) is 3.42. The van der Waals surface area contributed by atoms with Gasteiger partial charge in [0.25, 0.3) is 17.7 Å². The maximum atomic E-state index is 13.7. The molecule has 0 N–H and O–H groups in total. The van der Waals surface area contributed by atoms with Crippen molar-refractivity contribution in [1.29, 1.82) is 0 Å². The molecule has 3 aliphatic rings. The summed E-state index contributed by atoms with van der Waals surface area (Å²) in [6, 6.07) is 10.8. The van der Waals surface area contributed by atoms with Crippen LogP contribution in [0.4, 0.5) is 4.39 Å². The van der Waals surface area contributed by atoms with Crippen LogP contribution in [-0.2, 0) is 16.0 Å². The van der Waals surface area contributed by atoms with Crippen molar-refractivity contribution in [3.8, 4) is 0 Å². The number of hydrogen-bond acceptors (Lipinski definition) is 5. The number of hydrogen-bond donors (Lipinski definition) is 0. The molecule has 5 rings (SSSR count). The minimum Gasteiger partial charge on any atom is -0.376 e. The fraction of sp³-hybridized carbons (Fsp3) is 0.423. The summed E-state index contributed by atoms with van der Waals surface area (Å²) >= 11 is 0. The van der Waals surface area contributed by atoms with Gasteiger partial charge < -0.3 is 14.4 Å². The van der Waals surface area contributed by atoms with Crippen LogP contribution in [0.5, 0.6) is 0 Å². The van der Waals surface area contributed by atoms with Crippen LogP contribution in [0.1, 0.15) is 62.3 Å². The molecule has 0 bridgehead atoms. The number of fused-ring (bicyclic) bond motifs is 1. The van der Waals surface area contributed by atoms with Crippen molar-refractivity contribution >= 4 is 17.7 Å². The molecule has 178 valence electrons. The van der Waals surface area contributed by atoms with E-state index in [-0.39, 0.29) is 48.5 Å². The van der Waals surface area contributed by atoms with Crippen LogP contribution in [0.2, 0.25) is 0 Å². The second-order valence-electron chi connectivity index (χ2n) is 9.07. The van der Waals surface area contributed by atoms with Gasteiger partial charge in [-0.2, -0.15) is 0 Å². The van der Waals surface area contributed by atoms with Gasteiger partial charge in [0.1, 0.15) is 5.82 Å². The highest BCUT2D eigenvalue weighted by Gasteiger charge is 2.38. The Labute approximate surface area is 197 Å². The Morgan fingerprint density at radius 1 is 0.971 bits per heavy atom. The SMILES string of the molecule is O=C(c1ccc2c(c1)C(=O)N(CC1CCCO1)C2=O)N(Cc1cccc(F)c1)CC1CCCO1. The van der Waals surface area contributed by atoms with Crippen LogP contribution in [0.3, 0.4) is 0 Å². The van der Waals surface area contributed by atoms with E-state index in [0.29, 0.717) is 36.4 Å². The molecule has 2 aromatic rings. The number of carbonyl (C=O) groups excluding carboxylic acids is 3. The standard InChI is InChI=1S/C26H27FN2O5/c27-19-5-1-4-17(12-19)14-28(15-20-6-2-10-33-20)24(30)18-8-9-22-23(13-18)26(32)29(25(22)31)16-21-7-3-11-34-21/h1,4-5,8-9,12-13,20-21H,2-3,6-7,10-11,14-16H2. The Bertz CT molecular complexity index is 1110. The number of benzene rings is 2. The average Bonchev–Trinajstić information content (AvgIpc) is 3.58. The van der Waals surface area contributed by atoms with Gasteiger partial charge in [0.15, 0.2) is 0 Å². The zero-order valence-electron chi connectivity index (χ0n) is 18.9. The first-order chi connectivity index (χ1) is 16.5. The van der Waals surface area contributed by atoms with Gasteiger partial charge in [-0.15, -0.1) is 0 Å². The third-order valence-corrected chi connectivity index (χ3v) is 6.63. The van der Waals surface area contributed by atoms with Gasteiger partial charge in [-0.3, -0.25) is 19.3 Å². The summed E-state index contributed by atoms with van der Waals surface area (Å²) in [5.41, 5.74) is 1.52. The van der Waals surface area contributed by atoms with Crippen molar-refractivity contribution in [3.63, 3.8) is 0 Å². The van der Waals surface area contributed by atoms with E-state index in [1.54, 1.807) is 29.2 Å². The molecule has 0 spiro atoms. The van der Waals surface area contributed by atoms with Gasteiger partial charge in [-0.1, -0.05) is 12.1 Å². The number of nitrogens with zero attached hydrogens (tertiary/aromatic N) is 2. The van der Waals surface area contributed by atoms with Crippen LogP contribution in [0, 0.1) is 5.82 Å². The number of halogens is 1. The number of ether oxygens (including phenoxy) is 2. The van der Waals surface area contributed by atoms with E-state index in [0.717, 1.165) is 25.7 Å². The van der Waals surface area contributed by atoms with E-state index in [2.05, 4.69) is 0 Å². The normalized spacial score (nSPS) is 21.9. The molecule has 8 heteroatoms. The highest BCUT2D eigenvalue weighted by Crippen LogP contribution is 2.27. The molecule has 7 nitrogen and oxygen atoms in total. The molecule has 0 aliphatic carbocycles. The van der Waals surface area contributed by atoms with Crippen LogP contribution >= 0.6 is 0 Å². The summed E-state index contributed by atoms with van der Waals surface area (Å²) in [5, 5.41) is 0. The minimum absolute atomic E-state index is 0.0861. The molecule has 2 fully saturated rings. The van der Waals surface area contributed by atoms with Gasteiger partial charge in [-0.05, 0) is 61.6 Å². The van der Waals surface area contributed by atoms with Gasteiger partial charge in [-0.25, -0.2) is 4.39 Å². The molecule has 2 aromatic carbocycles. The number of carbonyl (C=O) groups is 3. The largest absolute Gasteiger partial charge is 0.376 e. The first-order valence-corrected chi connectivity index (χ1v) is 11.8. The van der Waals surface area contributed by atoms with Crippen molar-refractivity contribution in [3.05, 3.63) is 70.5 Å². The van der Waals surface area contributed by atoms with Crippen molar-refractivity contribution in [2.75, 3.05) is 26.3 Å². The van der Waals surface area contributed by atoms with Gasteiger partial charge >= 0.3 is 0 Å². The van der Waals surface area contributed by atoms with Crippen LogP contribution < -0.4 is 0 Å². The Balaban J connectivity index is 1.38. The zero-order chi connectivity index (χ0) is 23.7. The Kier molecular flexibility index (Phi) is 6.43. The number of rotatable bonds is 7. The monoisotopic (exact) mass is 466 g/mol. The maximum Gasteiger partial charge on any atom is 0.261 e. The topological polar surface area (TPSA) is 76.2 Å². The quantitative estimate of drug-likeness (QED) is 0.585. The first-order valence-electron chi connectivity index (χ1n) is 11.8. The van der Waals surface area contributed by atoms with E-state index in [1.807, 2.05) is 0 Å². The van der Waals surface area contributed by atoms with Crippen molar-refractivity contribution < 1.29 is 28.2 Å². The lowest BCUT2D eigenvalue weighted by molar-refractivity contribution is 0.0475. The van der Waals surface area contributed by atoms with Crippen LogP contribution in [0.25, 0.3) is 0 Å². The van der Waals surface area contributed by atoms with E-state index in [9.17, 15) is 18.8 Å². The molecule has 2 atom stereocenters. The van der Waals surface area contributed by atoms with Crippen LogP contribution in [0.15, 0.2) is 42.5 Å². The predicted molar refractivity (Wildman–Crippen MR) is 121 cm³/mol. The lowest BCUT2D eigenvalue weighted by atomic mass is 10.0. The first kappa shape index (κ1) is 22.7. The molecule has 3 aliphatic heterocycles. The second kappa shape index (κ2) is 9.64. The molecule has 2 saturated heterocycles. The zero-order valence-corrected chi connectivity index (χ0v) is 18.9. The van der Waals surface area contributed by atoms with Gasteiger partial charge in [0, 0.05) is 31.9 Å². The maximum absolute atomic E-state index is 13.7. The molecule has 0 radical (unpaired) electrons. The summed E-state index contributed by atoms with van der Waals surface area (Å²) in [5.74, 6) is -1.41. The Morgan fingerprint density at radius 2 is 1.71 bits per heavy atom. The minimum atomic E-state index is -0.402. The third kappa shape index (κ3) is 4.60. The molecule has 3 heterocycles. The fourth-order valence-corrected chi connectivity index (χ4v) is 4.87. The second-order valence-corrected chi connectivity index (χ2v) is 9.07. The highest BCUT2D eigenvalue weighted by molar-refractivity contribution is 6.22. The average molecular weight is 467 g/mol. The third-order valence-electron chi connectivity index (χ3n) is 6.63. The van der Waals surface area contributed by atoms with E-state index in [1.165, 1.54) is 23.1 Å². The van der Waals surface area contributed by atoms with E-state index >= 15 is 0 Å². The lowest BCUT2D eigenvalue weighted by Gasteiger charge is -2.26.